The van der Waals surface area contributed by atoms with Gasteiger partial charge in [0.05, 0.1) is 21.3 Å². The fourth-order valence-electron chi connectivity index (χ4n) is 2.55. The lowest BCUT2D eigenvalue weighted by molar-refractivity contribution is 0.324. The van der Waals surface area contributed by atoms with Gasteiger partial charge < -0.3 is 19.2 Å². The fraction of sp³-hybridized carbons (Fsp3) is 0.176. The molecule has 0 saturated carbocycles. The Labute approximate surface area is 123 Å². The number of ether oxygens (including phenoxy) is 3. The van der Waals surface area contributed by atoms with E-state index < -0.39 is 0 Å². The lowest BCUT2D eigenvalue weighted by atomic mass is 10.0. The number of nitrogens with one attached hydrogen (secondary N) is 1. The SMILES string of the molecule is COc1cc(-c2c[nH]c3ccccc23)cc(OC)c1OC. The van der Waals surface area contributed by atoms with E-state index in [2.05, 4.69) is 17.1 Å². The molecule has 0 fully saturated rings. The van der Waals surface area contributed by atoms with Gasteiger partial charge in [0.15, 0.2) is 11.5 Å². The van der Waals surface area contributed by atoms with Crippen molar-refractivity contribution in [2.75, 3.05) is 21.3 Å². The molecule has 1 N–H and O–H groups in total. The summed E-state index contributed by atoms with van der Waals surface area (Å²) >= 11 is 0. The first-order valence-electron chi connectivity index (χ1n) is 6.65. The molecule has 0 aliphatic heterocycles. The van der Waals surface area contributed by atoms with Crippen molar-refractivity contribution in [3.05, 3.63) is 42.6 Å². The molecule has 0 amide bonds. The van der Waals surface area contributed by atoms with Crippen LogP contribution in [0, 0.1) is 0 Å². The summed E-state index contributed by atoms with van der Waals surface area (Å²) in [5, 5.41) is 1.16. The predicted octanol–water partition coefficient (Wildman–Crippen LogP) is 3.86. The zero-order valence-corrected chi connectivity index (χ0v) is 12.3. The van der Waals surface area contributed by atoms with E-state index in [9.17, 15) is 0 Å². The van der Waals surface area contributed by atoms with E-state index in [4.69, 9.17) is 14.2 Å². The third-order valence-corrected chi connectivity index (χ3v) is 3.56. The molecule has 3 aromatic rings. The van der Waals surface area contributed by atoms with Gasteiger partial charge in [-0.2, -0.15) is 0 Å². The smallest absolute Gasteiger partial charge is 0.203 e. The minimum absolute atomic E-state index is 0.601. The first kappa shape index (κ1) is 13.4. The summed E-state index contributed by atoms with van der Waals surface area (Å²) in [4.78, 5) is 3.28. The van der Waals surface area contributed by atoms with Crippen LogP contribution in [0.25, 0.3) is 22.0 Å². The van der Waals surface area contributed by atoms with Crippen LogP contribution in [-0.4, -0.2) is 26.3 Å². The minimum Gasteiger partial charge on any atom is -0.493 e. The van der Waals surface area contributed by atoms with Crippen molar-refractivity contribution in [3.63, 3.8) is 0 Å². The second-order valence-electron chi connectivity index (χ2n) is 4.66. The summed E-state index contributed by atoms with van der Waals surface area (Å²) < 4.78 is 16.2. The third-order valence-electron chi connectivity index (χ3n) is 3.56. The van der Waals surface area contributed by atoms with Gasteiger partial charge in [-0.05, 0) is 23.8 Å². The Morgan fingerprint density at radius 2 is 1.52 bits per heavy atom. The van der Waals surface area contributed by atoms with E-state index in [0.717, 1.165) is 22.0 Å². The quantitative estimate of drug-likeness (QED) is 0.790. The topological polar surface area (TPSA) is 43.5 Å². The maximum atomic E-state index is 5.41. The number of methoxy groups -OCH3 is 3. The monoisotopic (exact) mass is 283 g/mol. The van der Waals surface area contributed by atoms with Crippen LogP contribution < -0.4 is 14.2 Å². The van der Waals surface area contributed by atoms with Crippen LogP contribution in [-0.2, 0) is 0 Å². The van der Waals surface area contributed by atoms with Gasteiger partial charge in [0, 0.05) is 22.7 Å². The highest BCUT2D eigenvalue weighted by Crippen LogP contribution is 2.42. The van der Waals surface area contributed by atoms with Crippen molar-refractivity contribution in [1.82, 2.24) is 4.98 Å². The van der Waals surface area contributed by atoms with Crippen LogP contribution in [0.1, 0.15) is 0 Å². The lowest BCUT2D eigenvalue weighted by Crippen LogP contribution is -1.95. The van der Waals surface area contributed by atoms with Crippen LogP contribution in [0.4, 0.5) is 0 Å². The highest BCUT2D eigenvalue weighted by Gasteiger charge is 2.15. The molecule has 4 heteroatoms. The molecule has 21 heavy (non-hydrogen) atoms. The second-order valence-corrected chi connectivity index (χ2v) is 4.66. The van der Waals surface area contributed by atoms with Gasteiger partial charge in [-0.25, -0.2) is 0 Å². The van der Waals surface area contributed by atoms with E-state index >= 15 is 0 Å². The summed E-state index contributed by atoms with van der Waals surface area (Å²) in [5.41, 5.74) is 3.22. The zero-order chi connectivity index (χ0) is 14.8. The van der Waals surface area contributed by atoms with Gasteiger partial charge in [0.25, 0.3) is 0 Å². The number of aromatic amines is 1. The van der Waals surface area contributed by atoms with Gasteiger partial charge >= 0.3 is 0 Å². The van der Waals surface area contributed by atoms with Crippen LogP contribution in [0.2, 0.25) is 0 Å². The van der Waals surface area contributed by atoms with Crippen molar-refractivity contribution in [3.8, 4) is 28.4 Å². The van der Waals surface area contributed by atoms with E-state index in [-0.39, 0.29) is 0 Å². The molecule has 108 valence electrons. The standard InChI is InChI=1S/C17H17NO3/c1-19-15-8-11(9-16(20-2)17(15)21-3)13-10-18-14-7-5-4-6-12(13)14/h4-10,18H,1-3H3. The lowest BCUT2D eigenvalue weighted by Gasteiger charge is -2.14. The van der Waals surface area contributed by atoms with Crippen molar-refractivity contribution in [2.24, 2.45) is 0 Å². The number of hydrogen-bond donors (Lipinski definition) is 1. The zero-order valence-electron chi connectivity index (χ0n) is 12.3. The Morgan fingerprint density at radius 3 is 2.14 bits per heavy atom. The van der Waals surface area contributed by atoms with E-state index in [1.54, 1.807) is 21.3 Å². The van der Waals surface area contributed by atoms with Crippen molar-refractivity contribution >= 4 is 10.9 Å². The van der Waals surface area contributed by atoms with Crippen LogP contribution in [0.15, 0.2) is 42.6 Å². The fourth-order valence-corrected chi connectivity index (χ4v) is 2.55. The van der Waals surface area contributed by atoms with Crippen LogP contribution >= 0.6 is 0 Å². The van der Waals surface area contributed by atoms with E-state index in [0.29, 0.717) is 17.2 Å². The van der Waals surface area contributed by atoms with Crippen LogP contribution in [0.3, 0.4) is 0 Å². The molecular weight excluding hydrogens is 266 g/mol. The maximum absolute atomic E-state index is 5.41. The molecule has 0 bridgehead atoms. The molecule has 0 aliphatic carbocycles. The molecule has 0 atom stereocenters. The Balaban J connectivity index is 2.23. The van der Waals surface area contributed by atoms with Gasteiger partial charge in [-0.15, -0.1) is 0 Å². The van der Waals surface area contributed by atoms with Crippen molar-refractivity contribution < 1.29 is 14.2 Å². The van der Waals surface area contributed by atoms with E-state index in [1.165, 1.54) is 0 Å². The van der Waals surface area contributed by atoms with Crippen LogP contribution in [0.5, 0.6) is 17.2 Å². The van der Waals surface area contributed by atoms with Gasteiger partial charge in [-0.1, -0.05) is 18.2 Å². The molecule has 0 radical (unpaired) electrons. The number of aromatic nitrogens is 1. The summed E-state index contributed by atoms with van der Waals surface area (Å²) in [6, 6.07) is 12.1. The second kappa shape index (κ2) is 5.40. The summed E-state index contributed by atoms with van der Waals surface area (Å²) in [6.07, 6.45) is 1.99. The largest absolute Gasteiger partial charge is 0.493 e. The molecule has 3 rings (SSSR count). The molecule has 0 unspecified atom stereocenters. The average molecular weight is 283 g/mol. The highest BCUT2D eigenvalue weighted by molar-refractivity contribution is 5.96. The Kier molecular flexibility index (Phi) is 3.44. The Bertz CT molecular complexity index is 752. The first-order valence-corrected chi connectivity index (χ1v) is 6.65. The number of fused-ring (bicyclic) bond motifs is 1. The normalized spacial score (nSPS) is 10.6. The molecule has 0 spiro atoms. The van der Waals surface area contributed by atoms with Gasteiger partial charge in [0.2, 0.25) is 5.75 Å². The minimum atomic E-state index is 0.601. The van der Waals surface area contributed by atoms with Gasteiger partial charge in [-0.3, -0.25) is 0 Å². The molecule has 2 aromatic carbocycles. The molecule has 0 aliphatic rings. The average Bonchev–Trinajstić information content (AvgIpc) is 2.97. The maximum Gasteiger partial charge on any atom is 0.203 e. The van der Waals surface area contributed by atoms with Crippen molar-refractivity contribution in [1.29, 1.82) is 0 Å². The third kappa shape index (κ3) is 2.18. The molecule has 1 aromatic heterocycles. The number of rotatable bonds is 4. The molecule has 1 heterocycles. The molecule has 4 nitrogen and oxygen atoms in total. The first-order chi connectivity index (χ1) is 10.3. The van der Waals surface area contributed by atoms with Gasteiger partial charge in [0.1, 0.15) is 0 Å². The Morgan fingerprint density at radius 1 is 0.857 bits per heavy atom. The number of H-pyrrole nitrogens is 1. The number of benzene rings is 2. The van der Waals surface area contributed by atoms with E-state index in [1.807, 2.05) is 30.5 Å². The summed E-state index contributed by atoms with van der Waals surface area (Å²) in [5.74, 6) is 1.90. The Hall–Kier alpha value is -2.62. The predicted molar refractivity (Wildman–Crippen MR) is 83.4 cm³/mol. The molecule has 0 saturated heterocycles. The van der Waals surface area contributed by atoms with Crippen molar-refractivity contribution in [2.45, 2.75) is 0 Å². The highest BCUT2D eigenvalue weighted by atomic mass is 16.5. The summed E-state index contributed by atoms with van der Waals surface area (Å²) in [7, 11) is 4.85. The number of para-hydroxylation sites is 1. The molecular formula is C17H17NO3. The number of hydrogen-bond acceptors (Lipinski definition) is 3. The summed E-state index contributed by atoms with van der Waals surface area (Å²) in [6.45, 7) is 0.